The molecular weight excluding hydrogens is 280 g/mol. The summed E-state index contributed by atoms with van der Waals surface area (Å²) in [7, 11) is 0. The molecule has 1 aromatic heterocycles. The van der Waals surface area contributed by atoms with E-state index in [-0.39, 0.29) is 11.3 Å². The molecule has 0 N–H and O–H groups in total. The van der Waals surface area contributed by atoms with Gasteiger partial charge in [-0.1, -0.05) is 19.3 Å². The molecule has 1 aliphatic rings. The molecule has 0 saturated heterocycles. The lowest BCUT2D eigenvalue weighted by atomic mass is 9.88. The van der Waals surface area contributed by atoms with Crippen LogP contribution in [0.1, 0.15) is 49.4 Å². The van der Waals surface area contributed by atoms with Crippen molar-refractivity contribution in [3.63, 3.8) is 0 Å². The highest BCUT2D eigenvalue weighted by Crippen LogP contribution is 2.34. The standard InChI is InChI=1S/C16H16N4O2/c17-11-12-6-7-14(15(10-12)20(21)22)19-9-8-18-16(19)13-4-2-1-3-5-13/h6-10,13H,1-5H2. The van der Waals surface area contributed by atoms with E-state index in [9.17, 15) is 10.1 Å². The maximum Gasteiger partial charge on any atom is 0.294 e. The molecule has 0 atom stereocenters. The Morgan fingerprint density at radius 3 is 2.77 bits per heavy atom. The van der Waals surface area contributed by atoms with Crippen molar-refractivity contribution in [1.82, 2.24) is 9.55 Å². The van der Waals surface area contributed by atoms with Gasteiger partial charge in [0.2, 0.25) is 0 Å². The molecule has 1 aromatic carbocycles. The third-order valence-electron chi connectivity index (χ3n) is 4.20. The van der Waals surface area contributed by atoms with E-state index in [1.165, 1.54) is 25.3 Å². The Kier molecular flexibility index (Phi) is 3.88. The second-order valence-electron chi connectivity index (χ2n) is 5.56. The molecule has 1 saturated carbocycles. The second-order valence-corrected chi connectivity index (χ2v) is 5.56. The van der Waals surface area contributed by atoms with Crippen molar-refractivity contribution in [3.8, 4) is 11.8 Å². The van der Waals surface area contributed by atoms with E-state index >= 15 is 0 Å². The minimum absolute atomic E-state index is 0.0610. The molecule has 22 heavy (non-hydrogen) atoms. The fraction of sp³-hybridized carbons (Fsp3) is 0.375. The van der Waals surface area contributed by atoms with E-state index in [1.54, 1.807) is 29.1 Å². The number of nitro groups is 1. The van der Waals surface area contributed by atoms with Gasteiger partial charge in [0.15, 0.2) is 0 Å². The first-order chi connectivity index (χ1) is 10.7. The number of hydrogen-bond acceptors (Lipinski definition) is 4. The quantitative estimate of drug-likeness (QED) is 0.638. The summed E-state index contributed by atoms with van der Waals surface area (Å²) in [5.41, 5.74) is 0.700. The first kappa shape index (κ1) is 14.3. The zero-order valence-electron chi connectivity index (χ0n) is 12.1. The molecule has 0 amide bonds. The van der Waals surface area contributed by atoms with Gasteiger partial charge in [-0.2, -0.15) is 5.26 Å². The molecule has 1 fully saturated rings. The lowest BCUT2D eigenvalue weighted by molar-refractivity contribution is -0.384. The summed E-state index contributed by atoms with van der Waals surface area (Å²) in [6, 6.07) is 6.50. The molecule has 0 radical (unpaired) electrons. The van der Waals surface area contributed by atoms with E-state index in [0.717, 1.165) is 18.7 Å². The SMILES string of the molecule is N#Cc1ccc(-n2ccnc2C2CCCCC2)c([N+](=O)[O-])c1. The predicted molar refractivity (Wildman–Crippen MR) is 80.8 cm³/mol. The first-order valence-electron chi connectivity index (χ1n) is 7.43. The maximum absolute atomic E-state index is 11.3. The Morgan fingerprint density at radius 2 is 2.09 bits per heavy atom. The van der Waals surface area contributed by atoms with Crippen LogP contribution in [0.15, 0.2) is 30.6 Å². The summed E-state index contributed by atoms with van der Waals surface area (Å²) in [5, 5.41) is 20.3. The number of hydrogen-bond donors (Lipinski definition) is 0. The van der Waals surface area contributed by atoms with Crippen molar-refractivity contribution in [3.05, 3.63) is 52.1 Å². The Hall–Kier alpha value is -2.68. The number of nitriles is 1. The van der Waals surface area contributed by atoms with Gasteiger partial charge < -0.3 is 0 Å². The van der Waals surface area contributed by atoms with E-state index in [0.29, 0.717) is 11.6 Å². The third-order valence-corrected chi connectivity index (χ3v) is 4.20. The average Bonchev–Trinajstić information content (AvgIpc) is 3.04. The van der Waals surface area contributed by atoms with Crippen LogP contribution < -0.4 is 0 Å². The van der Waals surface area contributed by atoms with E-state index in [2.05, 4.69) is 4.98 Å². The van der Waals surface area contributed by atoms with Crippen LogP contribution in [0.3, 0.4) is 0 Å². The van der Waals surface area contributed by atoms with Crippen LogP contribution in [0.5, 0.6) is 0 Å². The van der Waals surface area contributed by atoms with Crippen LogP contribution in [0, 0.1) is 21.4 Å². The summed E-state index contributed by atoms with van der Waals surface area (Å²) in [6.07, 6.45) is 9.18. The van der Waals surface area contributed by atoms with Crippen LogP contribution in [0.4, 0.5) is 5.69 Å². The fourth-order valence-electron chi connectivity index (χ4n) is 3.12. The number of nitro benzene ring substituents is 1. The van der Waals surface area contributed by atoms with Crippen LogP contribution in [-0.2, 0) is 0 Å². The maximum atomic E-state index is 11.3. The molecule has 6 heteroatoms. The predicted octanol–water partition coefficient (Wildman–Crippen LogP) is 3.70. The highest BCUT2D eigenvalue weighted by molar-refractivity contribution is 5.57. The average molecular weight is 296 g/mol. The summed E-state index contributed by atoms with van der Waals surface area (Å²) < 4.78 is 1.80. The molecule has 1 heterocycles. The lowest BCUT2D eigenvalue weighted by Crippen LogP contribution is -2.12. The summed E-state index contributed by atoms with van der Waals surface area (Å²) >= 11 is 0. The van der Waals surface area contributed by atoms with Gasteiger partial charge in [0, 0.05) is 24.4 Å². The highest BCUT2D eigenvalue weighted by Gasteiger charge is 2.24. The molecule has 0 bridgehead atoms. The summed E-state index contributed by atoms with van der Waals surface area (Å²) in [5.74, 6) is 1.23. The van der Waals surface area contributed by atoms with Gasteiger partial charge in [0.1, 0.15) is 11.5 Å². The molecule has 1 aliphatic carbocycles. The molecular formula is C16H16N4O2. The third kappa shape index (κ3) is 2.58. The Balaban J connectivity index is 2.07. The molecule has 0 aliphatic heterocycles. The number of nitrogens with zero attached hydrogens (tertiary/aromatic N) is 4. The topological polar surface area (TPSA) is 84.8 Å². The van der Waals surface area contributed by atoms with Gasteiger partial charge in [0.05, 0.1) is 16.6 Å². The monoisotopic (exact) mass is 296 g/mol. The van der Waals surface area contributed by atoms with E-state index in [1.807, 2.05) is 6.07 Å². The van der Waals surface area contributed by atoms with Crippen LogP contribution in [-0.4, -0.2) is 14.5 Å². The molecule has 0 spiro atoms. The summed E-state index contributed by atoms with van der Waals surface area (Å²) in [6.45, 7) is 0. The van der Waals surface area contributed by atoms with Gasteiger partial charge in [-0.15, -0.1) is 0 Å². The smallest absolute Gasteiger partial charge is 0.294 e. The molecule has 3 rings (SSSR count). The zero-order chi connectivity index (χ0) is 15.5. The van der Waals surface area contributed by atoms with Gasteiger partial charge in [0.25, 0.3) is 5.69 Å². The largest absolute Gasteiger partial charge is 0.297 e. The first-order valence-corrected chi connectivity index (χ1v) is 7.43. The van der Waals surface area contributed by atoms with Crippen LogP contribution in [0.2, 0.25) is 0 Å². The summed E-state index contributed by atoms with van der Waals surface area (Å²) in [4.78, 5) is 15.3. The molecule has 2 aromatic rings. The van der Waals surface area contributed by atoms with Crippen molar-refractivity contribution in [2.75, 3.05) is 0 Å². The van der Waals surface area contributed by atoms with E-state index < -0.39 is 4.92 Å². The van der Waals surface area contributed by atoms with Crippen molar-refractivity contribution in [2.45, 2.75) is 38.0 Å². The lowest BCUT2D eigenvalue weighted by Gasteiger charge is -2.22. The van der Waals surface area contributed by atoms with Crippen molar-refractivity contribution < 1.29 is 4.92 Å². The van der Waals surface area contributed by atoms with Gasteiger partial charge in [-0.3, -0.25) is 14.7 Å². The van der Waals surface area contributed by atoms with Gasteiger partial charge >= 0.3 is 0 Å². The van der Waals surface area contributed by atoms with Gasteiger partial charge in [-0.05, 0) is 25.0 Å². The number of rotatable bonds is 3. The van der Waals surface area contributed by atoms with Crippen molar-refractivity contribution in [1.29, 1.82) is 5.26 Å². The Morgan fingerprint density at radius 1 is 1.32 bits per heavy atom. The number of aromatic nitrogens is 2. The molecule has 112 valence electrons. The zero-order valence-corrected chi connectivity index (χ0v) is 12.1. The normalized spacial score (nSPS) is 15.4. The minimum Gasteiger partial charge on any atom is -0.297 e. The van der Waals surface area contributed by atoms with Crippen molar-refractivity contribution >= 4 is 5.69 Å². The minimum atomic E-state index is -0.444. The van der Waals surface area contributed by atoms with E-state index in [4.69, 9.17) is 5.26 Å². The second kappa shape index (κ2) is 5.98. The molecule has 0 unspecified atom stereocenters. The van der Waals surface area contributed by atoms with Crippen molar-refractivity contribution in [2.24, 2.45) is 0 Å². The van der Waals surface area contributed by atoms with Crippen LogP contribution in [0.25, 0.3) is 5.69 Å². The molecule has 6 nitrogen and oxygen atoms in total. The van der Waals surface area contributed by atoms with Crippen LogP contribution >= 0.6 is 0 Å². The fourth-order valence-corrected chi connectivity index (χ4v) is 3.12. The number of benzene rings is 1. The Bertz CT molecular complexity index is 739. The number of imidazole rings is 1. The Labute approximate surface area is 128 Å². The highest BCUT2D eigenvalue weighted by atomic mass is 16.6. The van der Waals surface area contributed by atoms with Gasteiger partial charge in [-0.25, -0.2) is 4.98 Å².